The molecule has 19 heavy (non-hydrogen) atoms. The molecule has 2 aromatic rings. The first-order valence-electron chi connectivity index (χ1n) is 6.58. The van der Waals surface area contributed by atoms with Gasteiger partial charge in [0.05, 0.1) is 11.4 Å². The molecule has 0 spiro atoms. The zero-order valence-electron chi connectivity index (χ0n) is 11.3. The third-order valence-corrected chi connectivity index (χ3v) is 3.27. The van der Waals surface area contributed by atoms with Crippen LogP contribution < -0.4 is 11.1 Å². The van der Waals surface area contributed by atoms with Gasteiger partial charge in [0.25, 0.3) is 0 Å². The van der Waals surface area contributed by atoms with E-state index in [0.717, 1.165) is 24.2 Å². The Bertz CT molecular complexity index is 557. The van der Waals surface area contributed by atoms with Crippen molar-refractivity contribution in [2.75, 3.05) is 11.1 Å². The Labute approximate surface area is 113 Å². The number of aryl methyl sites for hydroxylation is 2. The molecule has 0 heterocycles. The van der Waals surface area contributed by atoms with Gasteiger partial charge in [0.15, 0.2) is 0 Å². The average Bonchev–Trinajstić information content (AvgIpc) is 2.42. The smallest absolute Gasteiger partial charge is 0.125 e. The normalized spacial score (nSPS) is 10.5. The van der Waals surface area contributed by atoms with E-state index in [9.17, 15) is 4.39 Å². The quantitative estimate of drug-likeness (QED) is 0.803. The molecule has 0 aromatic heterocycles. The van der Waals surface area contributed by atoms with Crippen LogP contribution in [0.2, 0.25) is 0 Å². The topological polar surface area (TPSA) is 38.0 Å². The Hall–Kier alpha value is -2.03. The van der Waals surface area contributed by atoms with Crippen molar-refractivity contribution < 1.29 is 4.39 Å². The maximum Gasteiger partial charge on any atom is 0.125 e. The third-order valence-electron chi connectivity index (χ3n) is 3.27. The summed E-state index contributed by atoms with van der Waals surface area (Å²) in [4.78, 5) is 0. The van der Waals surface area contributed by atoms with Crippen molar-refractivity contribution in [1.29, 1.82) is 0 Å². The van der Waals surface area contributed by atoms with Crippen LogP contribution >= 0.6 is 0 Å². The zero-order chi connectivity index (χ0) is 13.8. The molecule has 0 saturated carbocycles. The van der Waals surface area contributed by atoms with E-state index in [1.54, 1.807) is 6.07 Å². The van der Waals surface area contributed by atoms with Gasteiger partial charge < -0.3 is 11.1 Å². The van der Waals surface area contributed by atoms with Gasteiger partial charge in [-0.1, -0.05) is 32.0 Å². The number of nitrogens with two attached hydrogens (primary N) is 1. The van der Waals surface area contributed by atoms with Crippen molar-refractivity contribution in [2.24, 2.45) is 0 Å². The summed E-state index contributed by atoms with van der Waals surface area (Å²) in [5, 5.41) is 3.35. The molecule has 3 N–H and O–H groups in total. The van der Waals surface area contributed by atoms with E-state index in [0.29, 0.717) is 5.69 Å². The van der Waals surface area contributed by atoms with Crippen LogP contribution in [0, 0.1) is 5.82 Å². The number of rotatable bonds is 4. The van der Waals surface area contributed by atoms with Gasteiger partial charge in [0.1, 0.15) is 5.82 Å². The molecule has 0 fully saturated rings. The second-order valence-corrected chi connectivity index (χ2v) is 4.51. The highest BCUT2D eigenvalue weighted by atomic mass is 19.1. The minimum atomic E-state index is -0.317. The molecule has 0 atom stereocenters. The van der Waals surface area contributed by atoms with E-state index in [2.05, 4.69) is 37.4 Å². The maximum absolute atomic E-state index is 13.1. The van der Waals surface area contributed by atoms with Gasteiger partial charge in [-0.2, -0.15) is 0 Å². The summed E-state index contributed by atoms with van der Waals surface area (Å²) in [6.45, 7) is 4.24. The monoisotopic (exact) mass is 258 g/mol. The molecule has 0 unspecified atom stereocenters. The fourth-order valence-corrected chi connectivity index (χ4v) is 2.19. The van der Waals surface area contributed by atoms with E-state index in [1.807, 2.05) is 0 Å². The SMILES string of the molecule is CCc1cccc(CC)c1Nc1ccc(F)cc1N. The molecule has 0 saturated heterocycles. The summed E-state index contributed by atoms with van der Waals surface area (Å²) in [6, 6.07) is 10.7. The van der Waals surface area contributed by atoms with Crippen LogP contribution in [0.4, 0.5) is 21.5 Å². The van der Waals surface area contributed by atoms with Crippen LogP contribution in [0.5, 0.6) is 0 Å². The van der Waals surface area contributed by atoms with E-state index >= 15 is 0 Å². The molecule has 2 nitrogen and oxygen atoms in total. The van der Waals surface area contributed by atoms with Crippen LogP contribution in [-0.2, 0) is 12.8 Å². The lowest BCUT2D eigenvalue weighted by Gasteiger charge is -2.16. The number of nitrogen functional groups attached to an aromatic ring is 1. The number of nitrogens with one attached hydrogen (secondary N) is 1. The van der Waals surface area contributed by atoms with E-state index in [-0.39, 0.29) is 5.82 Å². The molecular formula is C16H19FN2. The summed E-state index contributed by atoms with van der Waals surface area (Å²) in [5.41, 5.74) is 10.6. The van der Waals surface area contributed by atoms with Crippen molar-refractivity contribution >= 4 is 17.1 Å². The van der Waals surface area contributed by atoms with Crippen LogP contribution in [0.3, 0.4) is 0 Å². The molecule has 0 aliphatic rings. The fourth-order valence-electron chi connectivity index (χ4n) is 2.19. The van der Waals surface area contributed by atoms with Gasteiger partial charge in [0, 0.05) is 5.69 Å². The van der Waals surface area contributed by atoms with E-state index in [4.69, 9.17) is 5.73 Å². The molecule has 100 valence electrons. The van der Waals surface area contributed by atoms with Crippen molar-refractivity contribution in [1.82, 2.24) is 0 Å². The third kappa shape index (κ3) is 2.87. The number of para-hydroxylation sites is 1. The Balaban J connectivity index is 2.42. The van der Waals surface area contributed by atoms with Crippen molar-refractivity contribution in [3.05, 3.63) is 53.3 Å². The minimum Gasteiger partial charge on any atom is -0.397 e. The molecule has 2 rings (SSSR count). The molecule has 2 aromatic carbocycles. The van der Waals surface area contributed by atoms with Crippen molar-refractivity contribution in [3.63, 3.8) is 0 Å². The highest BCUT2D eigenvalue weighted by molar-refractivity contribution is 5.75. The summed E-state index contributed by atoms with van der Waals surface area (Å²) in [5.74, 6) is -0.317. The lowest BCUT2D eigenvalue weighted by Crippen LogP contribution is -2.02. The number of halogens is 1. The van der Waals surface area contributed by atoms with Gasteiger partial charge >= 0.3 is 0 Å². The first kappa shape index (κ1) is 13.4. The van der Waals surface area contributed by atoms with Gasteiger partial charge in [-0.15, -0.1) is 0 Å². The Morgan fingerprint density at radius 2 is 1.68 bits per heavy atom. The Kier molecular flexibility index (Phi) is 4.05. The molecule has 0 amide bonds. The molecule has 0 bridgehead atoms. The summed E-state index contributed by atoms with van der Waals surface area (Å²) >= 11 is 0. The number of hydrogen-bond donors (Lipinski definition) is 2. The predicted octanol–water partition coefficient (Wildman–Crippen LogP) is 4.28. The van der Waals surface area contributed by atoms with Gasteiger partial charge in [0.2, 0.25) is 0 Å². The Morgan fingerprint density at radius 1 is 1.05 bits per heavy atom. The van der Waals surface area contributed by atoms with Crippen LogP contribution in [0.1, 0.15) is 25.0 Å². The van der Waals surface area contributed by atoms with Crippen LogP contribution in [0.15, 0.2) is 36.4 Å². The highest BCUT2D eigenvalue weighted by Crippen LogP contribution is 2.29. The molecule has 0 aliphatic carbocycles. The van der Waals surface area contributed by atoms with Gasteiger partial charge in [-0.05, 0) is 42.2 Å². The number of anilines is 3. The fraction of sp³-hybridized carbons (Fsp3) is 0.250. The Morgan fingerprint density at radius 3 is 2.21 bits per heavy atom. The summed E-state index contributed by atoms with van der Waals surface area (Å²) in [7, 11) is 0. The van der Waals surface area contributed by atoms with E-state index < -0.39 is 0 Å². The standard InChI is InChI=1S/C16H19FN2/c1-3-11-6-5-7-12(4-2)16(11)19-15-9-8-13(17)10-14(15)18/h5-10,19H,3-4,18H2,1-2H3. The van der Waals surface area contributed by atoms with Crippen LogP contribution in [-0.4, -0.2) is 0 Å². The summed E-state index contributed by atoms with van der Waals surface area (Å²) in [6.07, 6.45) is 1.88. The van der Waals surface area contributed by atoms with Gasteiger partial charge in [-0.3, -0.25) is 0 Å². The van der Waals surface area contributed by atoms with Crippen LogP contribution in [0.25, 0.3) is 0 Å². The molecule has 3 heteroatoms. The van der Waals surface area contributed by atoms with Crippen molar-refractivity contribution in [3.8, 4) is 0 Å². The first-order chi connectivity index (χ1) is 9.15. The second kappa shape index (κ2) is 5.74. The maximum atomic E-state index is 13.1. The zero-order valence-corrected chi connectivity index (χ0v) is 11.3. The second-order valence-electron chi connectivity index (χ2n) is 4.51. The van der Waals surface area contributed by atoms with Gasteiger partial charge in [-0.25, -0.2) is 4.39 Å². The number of hydrogen-bond acceptors (Lipinski definition) is 2. The lowest BCUT2D eigenvalue weighted by atomic mass is 10.0. The molecule has 0 aliphatic heterocycles. The first-order valence-corrected chi connectivity index (χ1v) is 6.58. The lowest BCUT2D eigenvalue weighted by molar-refractivity contribution is 0.628. The molecular weight excluding hydrogens is 239 g/mol. The minimum absolute atomic E-state index is 0.317. The predicted molar refractivity (Wildman–Crippen MR) is 79.3 cm³/mol. The van der Waals surface area contributed by atoms with E-state index in [1.165, 1.54) is 23.3 Å². The average molecular weight is 258 g/mol. The van der Waals surface area contributed by atoms with Crippen molar-refractivity contribution in [2.45, 2.75) is 26.7 Å². The molecule has 0 radical (unpaired) electrons. The summed E-state index contributed by atoms with van der Waals surface area (Å²) < 4.78 is 13.1. The number of benzene rings is 2. The highest BCUT2D eigenvalue weighted by Gasteiger charge is 2.08. The largest absolute Gasteiger partial charge is 0.397 e.